The fourth-order valence-electron chi connectivity index (χ4n) is 9.92. The van der Waals surface area contributed by atoms with Crippen LogP contribution >= 0.6 is 0 Å². The van der Waals surface area contributed by atoms with Crippen molar-refractivity contribution in [3.05, 3.63) is 47.4 Å². The molecule has 4 fully saturated rings. The normalized spacial score (nSPS) is 26.0. The molecule has 298 valence electrons. The predicted octanol–water partition coefficient (Wildman–Crippen LogP) is 8.68. The fourth-order valence-corrected chi connectivity index (χ4v) is 15.1. The Morgan fingerprint density at radius 3 is 2.52 bits per heavy atom. The molecule has 4 aliphatic rings. The number of anilines is 2. The van der Waals surface area contributed by atoms with E-state index in [1.807, 2.05) is 0 Å². The van der Waals surface area contributed by atoms with Crippen LogP contribution in [0, 0.1) is 28.9 Å². The number of aromatic nitrogens is 3. The van der Waals surface area contributed by atoms with Gasteiger partial charge in [-0.3, -0.25) is 9.88 Å². The molecule has 0 unspecified atom stereocenters. The van der Waals surface area contributed by atoms with Crippen LogP contribution in [0.3, 0.4) is 0 Å². The summed E-state index contributed by atoms with van der Waals surface area (Å²) in [6.07, 6.45) is -0.636. The molecule has 14 heteroatoms. The Morgan fingerprint density at radius 2 is 1.79 bits per heavy atom. The molecule has 1 aliphatic carbocycles. The van der Waals surface area contributed by atoms with Crippen molar-refractivity contribution in [1.82, 2.24) is 19.9 Å². The van der Waals surface area contributed by atoms with E-state index in [-0.39, 0.29) is 86.1 Å². The number of alkyl halides is 2. The smallest absolute Gasteiger partial charge is 0.319 e. The highest BCUT2D eigenvalue weighted by molar-refractivity contribution is 6.90. The van der Waals surface area contributed by atoms with Crippen molar-refractivity contribution in [2.75, 3.05) is 43.4 Å². The van der Waals surface area contributed by atoms with Crippen LogP contribution in [0.15, 0.2) is 24.4 Å². The molecule has 1 saturated carbocycles. The first-order valence-electron chi connectivity index (χ1n) is 20.6. The summed E-state index contributed by atoms with van der Waals surface area (Å²) in [7, 11) is -2.47. The lowest BCUT2D eigenvalue weighted by molar-refractivity contribution is 0.105. The van der Waals surface area contributed by atoms with E-state index < -0.39 is 68.1 Å². The molecule has 2 aromatic carbocycles. The first-order valence-corrected chi connectivity index (χ1v) is 21.9. The number of halogens is 5. The van der Waals surface area contributed by atoms with Crippen molar-refractivity contribution in [3.63, 3.8) is 0 Å². The number of nitrogens with zero attached hydrogens (tertiary/aromatic N) is 5. The molecule has 0 spiro atoms. The van der Waals surface area contributed by atoms with Gasteiger partial charge < -0.3 is 20.1 Å². The van der Waals surface area contributed by atoms with Gasteiger partial charge in [-0.05, 0) is 66.0 Å². The lowest BCUT2D eigenvalue weighted by Gasteiger charge is -2.38. The predicted molar refractivity (Wildman–Crippen MR) is 211 cm³/mol. The lowest BCUT2D eigenvalue weighted by atomic mass is 9.95. The number of hydrogen-bond donors (Lipinski definition) is 1. The Balaban J connectivity index is 1.34. The van der Waals surface area contributed by atoms with E-state index in [0.717, 1.165) is 6.07 Å². The van der Waals surface area contributed by atoms with E-state index in [4.69, 9.17) is 17.9 Å². The van der Waals surface area contributed by atoms with E-state index in [2.05, 4.69) is 68.0 Å². The molecule has 5 atom stereocenters. The quantitative estimate of drug-likeness (QED) is 0.0821. The minimum Gasteiger partial charge on any atom is -0.461 e. The molecule has 56 heavy (non-hydrogen) atoms. The van der Waals surface area contributed by atoms with Crippen LogP contribution in [0.5, 0.6) is 6.01 Å². The van der Waals surface area contributed by atoms with Crippen LogP contribution in [0.4, 0.5) is 33.5 Å². The number of rotatable bonds is 8. The molecule has 8 nitrogen and oxygen atoms in total. The van der Waals surface area contributed by atoms with Crippen LogP contribution in [0.2, 0.25) is 16.6 Å². The van der Waals surface area contributed by atoms with Crippen molar-refractivity contribution in [2.45, 2.75) is 114 Å². The van der Waals surface area contributed by atoms with Crippen LogP contribution in [0.25, 0.3) is 32.9 Å². The highest BCUT2D eigenvalue weighted by Gasteiger charge is 2.58. The maximum absolute atomic E-state index is 17.5. The maximum Gasteiger partial charge on any atom is 0.319 e. The highest BCUT2D eigenvalue weighted by Crippen LogP contribution is 2.45. The topological polar surface area (TPSA) is 89.6 Å². The zero-order valence-electron chi connectivity index (χ0n) is 34.5. The largest absolute Gasteiger partial charge is 0.461 e. The summed E-state index contributed by atoms with van der Waals surface area (Å²) < 4.78 is 109. The number of nitrogens with two attached hydrogens (primary N) is 1. The van der Waals surface area contributed by atoms with Crippen molar-refractivity contribution in [1.29, 1.82) is 0 Å². The summed E-state index contributed by atoms with van der Waals surface area (Å²) >= 11 is 0. The monoisotopic (exact) mass is 794 g/mol. The van der Waals surface area contributed by atoms with E-state index in [0.29, 0.717) is 32.4 Å². The highest BCUT2D eigenvalue weighted by atomic mass is 28.3. The minimum atomic E-state index is -2.51. The Bertz CT molecular complexity index is 2340. The molecule has 2 N–H and O–H groups in total. The van der Waals surface area contributed by atoms with Crippen LogP contribution < -0.4 is 15.4 Å². The summed E-state index contributed by atoms with van der Waals surface area (Å²) in [5.41, 5.74) is 8.35. The van der Waals surface area contributed by atoms with E-state index >= 15 is 17.6 Å². The first kappa shape index (κ1) is 36.3. The molecule has 0 bridgehead atoms. The molecular weight excluding hydrogens is 744 g/mol. The Kier molecular flexibility index (Phi) is 9.33. The molecule has 4 aromatic rings. The number of fused-ring (bicyclic) bond motifs is 4. The third kappa shape index (κ3) is 6.29. The van der Waals surface area contributed by atoms with Crippen LogP contribution in [-0.4, -0.2) is 90.8 Å². The summed E-state index contributed by atoms with van der Waals surface area (Å²) in [6, 6.07) is 2.62. The standard InChI is InChI=1S/C42H49F5N6O2Si/c1-22(2)56(23(3)4,24(5)6)14-9-28-32-25(16-31(44)33(28)45)15-27(48)17-29(32)36-34(46)37-30(19-49-36)40(53-12-8-13-54-39-35(47)38(39)53)51-41(50-37)55-21-42-10-7-11-52(42)20-26(43)18-42/h15-17,19,22-24,26,35,38-39H,7-8,10-13,18,20-21,48H2,1-6H3/t26-,35+,38-,39+,42+/m1/s1/i21D2. The van der Waals surface area contributed by atoms with Gasteiger partial charge in [0.2, 0.25) is 0 Å². The molecule has 2 aromatic heterocycles. The molecule has 5 heterocycles. The van der Waals surface area contributed by atoms with Crippen molar-refractivity contribution >= 4 is 41.3 Å². The first-order chi connectivity index (χ1) is 27.4. The van der Waals surface area contributed by atoms with Crippen molar-refractivity contribution < 1.29 is 34.2 Å². The number of hydrogen-bond acceptors (Lipinski definition) is 8. The molecule has 0 amide bonds. The lowest BCUT2D eigenvalue weighted by Crippen LogP contribution is -2.43. The van der Waals surface area contributed by atoms with Crippen LogP contribution in [0.1, 0.15) is 75.5 Å². The second-order valence-corrected chi connectivity index (χ2v) is 22.4. The van der Waals surface area contributed by atoms with E-state index in [9.17, 15) is 4.39 Å². The van der Waals surface area contributed by atoms with Gasteiger partial charge in [-0.1, -0.05) is 47.5 Å². The zero-order valence-corrected chi connectivity index (χ0v) is 33.5. The molecular formula is C42H49F5N6O2Si. The van der Waals surface area contributed by atoms with Gasteiger partial charge in [-0.15, -0.1) is 5.54 Å². The zero-order chi connectivity index (χ0) is 41.6. The summed E-state index contributed by atoms with van der Waals surface area (Å²) in [5, 5.41) is 0.388. The molecule has 3 saturated heterocycles. The van der Waals surface area contributed by atoms with Crippen molar-refractivity contribution in [3.8, 4) is 28.7 Å². The summed E-state index contributed by atoms with van der Waals surface area (Å²) in [4.78, 5) is 16.9. The fraction of sp³-hybridized carbons (Fsp3) is 0.548. The van der Waals surface area contributed by atoms with Gasteiger partial charge in [0.25, 0.3) is 0 Å². The van der Waals surface area contributed by atoms with Gasteiger partial charge in [0, 0.05) is 49.0 Å². The Morgan fingerprint density at radius 1 is 1.04 bits per heavy atom. The number of pyridine rings is 1. The van der Waals surface area contributed by atoms with Gasteiger partial charge in [-0.2, -0.15) is 9.97 Å². The second kappa shape index (κ2) is 14.4. The SMILES string of the molecule is [2H]C([2H])(Oc1nc(N2CCCO[C@H]3[C@@H](F)[C@H]32)c2cnc(-c3cc(N)cc4cc(F)c(F)c(C#C[Si](C(C)C)(C(C)C)C(C)C)c34)c(F)c2n1)[C@@]12CCCN1C[C@H](F)C2. The van der Waals surface area contributed by atoms with Gasteiger partial charge in [0.1, 0.15) is 43.9 Å². The second-order valence-electron chi connectivity index (χ2n) is 16.8. The third-order valence-corrected chi connectivity index (χ3v) is 18.9. The summed E-state index contributed by atoms with van der Waals surface area (Å²) in [6.45, 7) is 11.2. The van der Waals surface area contributed by atoms with Gasteiger partial charge in [0.15, 0.2) is 23.6 Å². The van der Waals surface area contributed by atoms with E-state index in [1.54, 1.807) is 9.80 Å². The Hall–Kier alpha value is -4.06. The van der Waals surface area contributed by atoms with Gasteiger partial charge in [0.05, 0.1) is 25.3 Å². The van der Waals surface area contributed by atoms with Gasteiger partial charge in [-0.25, -0.2) is 22.0 Å². The van der Waals surface area contributed by atoms with Crippen molar-refractivity contribution in [2.24, 2.45) is 0 Å². The minimum absolute atomic E-state index is 0.0381. The average Bonchev–Trinajstić information content (AvgIpc) is 3.50. The third-order valence-electron chi connectivity index (χ3n) is 12.6. The molecule has 8 rings (SSSR count). The van der Waals surface area contributed by atoms with Crippen LogP contribution in [-0.2, 0) is 4.74 Å². The number of ether oxygens (including phenoxy) is 2. The number of benzene rings is 2. The Labute approximate surface area is 328 Å². The number of nitrogen functional groups attached to an aromatic ring is 1. The van der Waals surface area contributed by atoms with Gasteiger partial charge >= 0.3 is 6.01 Å². The maximum atomic E-state index is 17.5. The molecule has 3 aliphatic heterocycles. The summed E-state index contributed by atoms with van der Waals surface area (Å²) in [5.74, 6) is -0.190. The average molecular weight is 795 g/mol. The molecule has 0 radical (unpaired) electrons. The van der Waals surface area contributed by atoms with E-state index in [1.165, 1.54) is 18.3 Å².